The van der Waals surface area contributed by atoms with Crippen molar-refractivity contribution in [2.75, 3.05) is 12.4 Å². The number of anilines is 1. The van der Waals surface area contributed by atoms with E-state index in [0.29, 0.717) is 11.3 Å². The van der Waals surface area contributed by atoms with E-state index in [-0.39, 0.29) is 0 Å². The highest BCUT2D eigenvalue weighted by Gasteiger charge is 2.26. The average molecular weight is 370 g/mol. The van der Waals surface area contributed by atoms with E-state index in [1.54, 1.807) is 7.11 Å². The molecule has 2 nitrogen and oxygen atoms in total. The largest absolute Gasteiger partial charge is 0.497 e. The van der Waals surface area contributed by atoms with Gasteiger partial charge in [0, 0.05) is 15.8 Å². The van der Waals surface area contributed by atoms with E-state index in [9.17, 15) is 0 Å². The Morgan fingerprint density at radius 2 is 2.20 bits per heavy atom. The second-order valence-electron chi connectivity index (χ2n) is 4.87. The van der Waals surface area contributed by atoms with Gasteiger partial charge >= 0.3 is 0 Å². The molecule has 1 aliphatic heterocycles. The number of fused-ring (bicyclic) bond motifs is 1. The minimum Gasteiger partial charge on any atom is -0.497 e. The maximum atomic E-state index is 5.31. The van der Waals surface area contributed by atoms with Crippen molar-refractivity contribution in [3.8, 4) is 5.75 Å². The predicted octanol–water partition coefficient (Wildman–Crippen LogP) is 5.56. The fraction of sp³-hybridized carbons (Fsp3) is 0.333. The smallest absolute Gasteiger partial charge is 0.121 e. The zero-order valence-corrected chi connectivity index (χ0v) is 14.6. The van der Waals surface area contributed by atoms with Crippen LogP contribution in [0.4, 0.5) is 5.69 Å². The Morgan fingerprint density at radius 1 is 1.35 bits per heavy atom. The molecular weight excluding hydrogens is 354 g/mol. The maximum Gasteiger partial charge on any atom is 0.121 e. The third kappa shape index (κ3) is 2.85. The van der Waals surface area contributed by atoms with Crippen molar-refractivity contribution in [3.05, 3.63) is 39.7 Å². The lowest BCUT2D eigenvalue weighted by atomic mass is 10.0. The Hall–Kier alpha value is -0.650. The third-order valence-electron chi connectivity index (χ3n) is 3.41. The Balaban J connectivity index is 1.89. The average Bonchev–Trinajstić information content (AvgIpc) is 2.89. The number of hydrogen-bond acceptors (Lipinski definition) is 4. The molecule has 1 aliphatic rings. The van der Waals surface area contributed by atoms with E-state index >= 15 is 0 Å². The van der Waals surface area contributed by atoms with E-state index in [0.717, 1.165) is 22.3 Å². The Bertz CT molecular complexity index is 614. The number of methoxy groups -OCH3 is 1. The molecule has 2 heterocycles. The van der Waals surface area contributed by atoms with Gasteiger partial charge in [0.2, 0.25) is 0 Å². The van der Waals surface area contributed by atoms with Crippen LogP contribution in [-0.2, 0) is 0 Å². The van der Waals surface area contributed by atoms with Gasteiger partial charge in [-0.05, 0) is 51.5 Å². The lowest BCUT2D eigenvalue weighted by molar-refractivity contribution is 0.415. The molecule has 2 aromatic rings. The van der Waals surface area contributed by atoms with Gasteiger partial charge in [0.05, 0.1) is 23.0 Å². The van der Waals surface area contributed by atoms with Crippen molar-refractivity contribution >= 4 is 44.7 Å². The van der Waals surface area contributed by atoms with E-state index in [4.69, 9.17) is 4.74 Å². The van der Waals surface area contributed by atoms with Crippen LogP contribution in [0.1, 0.15) is 24.9 Å². The molecule has 1 aromatic heterocycles. The summed E-state index contributed by atoms with van der Waals surface area (Å²) < 4.78 is 7.83. The molecule has 2 atom stereocenters. The van der Waals surface area contributed by atoms with Crippen LogP contribution in [0.15, 0.2) is 38.3 Å². The highest BCUT2D eigenvalue weighted by Crippen LogP contribution is 2.45. The van der Waals surface area contributed by atoms with Crippen LogP contribution in [0.5, 0.6) is 5.75 Å². The van der Waals surface area contributed by atoms with Gasteiger partial charge in [-0.3, -0.25) is 0 Å². The number of ether oxygens (including phenoxy) is 1. The normalized spacial score (nSPS) is 21.4. The van der Waals surface area contributed by atoms with Crippen molar-refractivity contribution in [2.24, 2.45) is 0 Å². The highest BCUT2D eigenvalue weighted by atomic mass is 79.9. The lowest BCUT2D eigenvalue weighted by Crippen LogP contribution is -2.19. The molecule has 5 heteroatoms. The SMILES string of the molecule is COc1ccc(Br)c(NC2C[C@H](C)Sc3sccc32)c1. The van der Waals surface area contributed by atoms with Crippen LogP contribution in [0.2, 0.25) is 0 Å². The molecule has 0 saturated heterocycles. The molecule has 0 amide bonds. The van der Waals surface area contributed by atoms with Gasteiger partial charge in [0.15, 0.2) is 0 Å². The minimum absolute atomic E-state index is 0.371. The fourth-order valence-electron chi connectivity index (χ4n) is 2.42. The van der Waals surface area contributed by atoms with Crippen LogP contribution in [-0.4, -0.2) is 12.4 Å². The second-order valence-corrected chi connectivity index (χ2v) is 8.35. The Morgan fingerprint density at radius 3 is 3.00 bits per heavy atom. The topological polar surface area (TPSA) is 21.3 Å². The third-order valence-corrected chi connectivity index (χ3v) is 6.45. The number of thiophene rings is 1. The van der Waals surface area contributed by atoms with Gasteiger partial charge in [-0.1, -0.05) is 6.92 Å². The standard InChI is InChI=1S/C15H16BrNOS2/c1-9-7-13(11-5-6-19-15(11)20-9)17-14-8-10(18-2)3-4-12(14)16/h3-6,8-9,13,17H,7H2,1-2H3/t9-,13?/m0/s1. The van der Waals surface area contributed by atoms with E-state index in [2.05, 4.69) is 39.6 Å². The summed E-state index contributed by atoms with van der Waals surface area (Å²) in [4.78, 5) is 0. The summed E-state index contributed by atoms with van der Waals surface area (Å²) in [6.45, 7) is 2.29. The van der Waals surface area contributed by atoms with Crippen molar-refractivity contribution in [2.45, 2.75) is 28.8 Å². The summed E-state index contributed by atoms with van der Waals surface area (Å²) in [5, 5.41) is 6.49. The monoisotopic (exact) mass is 369 g/mol. The van der Waals surface area contributed by atoms with E-state index < -0.39 is 0 Å². The number of benzene rings is 1. The zero-order valence-electron chi connectivity index (χ0n) is 11.4. The molecule has 20 heavy (non-hydrogen) atoms. The maximum absolute atomic E-state index is 5.31. The fourth-order valence-corrected chi connectivity index (χ4v) is 5.34. The first-order valence-corrected chi connectivity index (χ1v) is 9.06. The minimum atomic E-state index is 0.371. The molecule has 0 bridgehead atoms. The summed E-state index contributed by atoms with van der Waals surface area (Å²) in [5.74, 6) is 0.875. The van der Waals surface area contributed by atoms with Gasteiger partial charge < -0.3 is 10.1 Å². The molecule has 1 N–H and O–H groups in total. The number of nitrogens with one attached hydrogen (secondary N) is 1. The summed E-state index contributed by atoms with van der Waals surface area (Å²) >= 11 is 7.44. The van der Waals surface area contributed by atoms with Crippen LogP contribution < -0.4 is 10.1 Å². The molecule has 3 rings (SSSR count). The first kappa shape index (κ1) is 14.3. The highest BCUT2D eigenvalue weighted by molar-refractivity contribution is 9.10. The number of hydrogen-bond donors (Lipinski definition) is 1. The van der Waals surface area contributed by atoms with Crippen molar-refractivity contribution in [1.29, 1.82) is 0 Å². The summed E-state index contributed by atoms with van der Waals surface area (Å²) in [7, 11) is 1.70. The Labute approximate surface area is 136 Å². The number of halogens is 1. The summed E-state index contributed by atoms with van der Waals surface area (Å²) in [6.07, 6.45) is 1.14. The molecular formula is C15H16BrNOS2. The summed E-state index contributed by atoms with van der Waals surface area (Å²) in [6, 6.07) is 8.64. The number of rotatable bonds is 3. The molecule has 0 radical (unpaired) electrons. The Kier molecular flexibility index (Phi) is 4.29. The first-order valence-electron chi connectivity index (χ1n) is 6.51. The summed E-state index contributed by atoms with van der Waals surface area (Å²) in [5.41, 5.74) is 2.51. The van der Waals surface area contributed by atoms with Crippen molar-refractivity contribution in [3.63, 3.8) is 0 Å². The molecule has 0 saturated carbocycles. The molecule has 1 aromatic carbocycles. The zero-order chi connectivity index (χ0) is 14.1. The van der Waals surface area contributed by atoms with E-state index in [1.807, 2.05) is 41.3 Å². The quantitative estimate of drug-likeness (QED) is 0.765. The van der Waals surface area contributed by atoms with Crippen LogP contribution >= 0.6 is 39.0 Å². The first-order chi connectivity index (χ1) is 9.67. The van der Waals surface area contributed by atoms with Gasteiger partial charge in [0.1, 0.15) is 5.75 Å². The van der Waals surface area contributed by atoms with Gasteiger partial charge in [-0.15, -0.1) is 23.1 Å². The molecule has 106 valence electrons. The predicted molar refractivity (Wildman–Crippen MR) is 91.3 cm³/mol. The van der Waals surface area contributed by atoms with Crippen LogP contribution in [0.25, 0.3) is 0 Å². The van der Waals surface area contributed by atoms with Crippen LogP contribution in [0.3, 0.4) is 0 Å². The van der Waals surface area contributed by atoms with Crippen molar-refractivity contribution in [1.82, 2.24) is 0 Å². The molecule has 0 fully saturated rings. The molecule has 0 aliphatic carbocycles. The van der Waals surface area contributed by atoms with E-state index in [1.165, 1.54) is 9.77 Å². The van der Waals surface area contributed by atoms with Gasteiger partial charge in [-0.2, -0.15) is 0 Å². The van der Waals surface area contributed by atoms with Crippen molar-refractivity contribution < 1.29 is 4.74 Å². The van der Waals surface area contributed by atoms with Gasteiger partial charge in [0.25, 0.3) is 0 Å². The lowest BCUT2D eigenvalue weighted by Gasteiger charge is -2.28. The molecule has 1 unspecified atom stereocenters. The number of thioether (sulfide) groups is 1. The van der Waals surface area contributed by atoms with Crippen LogP contribution in [0, 0.1) is 0 Å². The second kappa shape index (κ2) is 6.00. The molecule has 0 spiro atoms. The van der Waals surface area contributed by atoms with Gasteiger partial charge in [-0.25, -0.2) is 0 Å².